The lowest BCUT2D eigenvalue weighted by Gasteiger charge is -2.12. The van der Waals surface area contributed by atoms with Crippen molar-refractivity contribution in [2.75, 3.05) is 12.4 Å². The molecule has 0 saturated heterocycles. The van der Waals surface area contributed by atoms with E-state index in [-0.39, 0.29) is 5.82 Å². The van der Waals surface area contributed by atoms with Crippen LogP contribution in [0.25, 0.3) is 5.69 Å². The van der Waals surface area contributed by atoms with Gasteiger partial charge in [0, 0.05) is 34.9 Å². The van der Waals surface area contributed by atoms with Gasteiger partial charge in [-0.25, -0.2) is 4.98 Å². The SMILES string of the molecule is COc1cccc(-n2c(C)cc(C(=O)[C@@H](C#N)C(=O)Nc3ccccn3)c2C)c1. The molecule has 0 unspecified atom stereocenters. The van der Waals surface area contributed by atoms with Crippen molar-refractivity contribution in [3.05, 3.63) is 71.7 Å². The summed E-state index contributed by atoms with van der Waals surface area (Å²) in [5, 5.41) is 12.0. The number of rotatable bonds is 6. The van der Waals surface area contributed by atoms with Gasteiger partial charge in [0.05, 0.1) is 13.2 Å². The number of benzene rings is 1. The van der Waals surface area contributed by atoms with Crippen molar-refractivity contribution in [2.45, 2.75) is 13.8 Å². The number of hydrogen-bond donors (Lipinski definition) is 1. The van der Waals surface area contributed by atoms with Crippen LogP contribution in [0.4, 0.5) is 5.82 Å². The van der Waals surface area contributed by atoms with E-state index in [4.69, 9.17) is 4.74 Å². The molecule has 2 heterocycles. The third kappa shape index (κ3) is 4.01. The minimum atomic E-state index is -1.48. The standard InChI is InChI=1S/C22H20N4O3/c1-14-11-18(15(2)26(14)16-7-6-8-17(12-16)29-3)21(27)19(13-23)22(28)25-20-9-4-5-10-24-20/h4-12,19H,1-3H3,(H,24,25,28)/t19-/m1/s1. The number of ketones is 1. The lowest BCUT2D eigenvalue weighted by atomic mass is 9.98. The number of nitrogens with one attached hydrogen (secondary N) is 1. The maximum atomic E-state index is 13.0. The molecule has 0 aliphatic rings. The number of pyridine rings is 1. The summed E-state index contributed by atoms with van der Waals surface area (Å²) in [6.07, 6.45) is 1.51. The summed E-state index contributed by atoms with van der Waals surface area (Å²) in [5.74, 6) is -1.76. The van der Waals surface area contributed by atoms with Crippen LogP contribution in [0.5, 0.6) is 5.75 Å². The fourth-order valence-corrected chi connectivity index (χ4v) is 3.19. The van der Waals surface area contributed by atoms with Crippen LogP contribution >= 0.6 is 0 Å². The average molecular weight is 388 g/mol. The van der Waals surface area contributed by atoms with Crippen LogP contribution in [-0.4, -0.2) is 28.4 Å². The number of methoxy groups -OCH3 is 1. The molecule has 1 amide bonds. The molecule has 29 heavy (non-hydrogen) atoms. The fraction of sp³-hybridized carbons (Fsp3) is 0.182. The second kappa shape index (κ2) is 8.40. The van der Waals surface area contributed by atoms with Crippen molar-refractivity contribution in [2.24, 2.45) is 5.92 Å². The molecule has 1 aromatic carbocycles. The molecule has 0 radical (unpaired) electrons. The number of carbonyl (C=O) groups is 2. The first-order valence-corrected chi connectivity index (χ1v) is 8.95. The van der Waals surface area contributed by atoms with E-state index in [1.54, 1.807) is 38.3 Å². The number of anilines is 1. The Kier molecular flexibility index (Phi) is 5.74. The zero-order chi connectivity index (χ0) is 21.0. The van der Waals surface area contributed by atoms with Gasteiger partial charge in [-0.3, -0.25) is 9.59 Å². The molecule has 0 saturated carbocycles. The molecule has 0 aliphatic heterocycles. The number of Topliss-reactive ketones (excluding diaryl/α,β-unsaturated/α-hetero) is 1. The number of hydrogen-bond acceptors (Lipinski definition) is 5. The van der Waals surface area contributed by atoms with Crippen LogP contribution in [-0.2, 0) is 4.79 Å². The van der Waals surface area contributed by atoms with Crippen LogP contribution in [0.2, 0.25) is 0 Å². The second-order valence-electron chi connectivity index (χ2n) is 6.45. The van der Waals surface area contributed by atoms with Gasteiger partial charge in [0.25, 0.3) is 5.91 Å². The van der Waals surface area contributed by atoms with Crippen molar-refractivity contribution < 1.29 is 14.3 Å². The normalized spacial score (nSPS) is 11.4. The molecular weight excluding hydrogens is 368 g/mol. The minimum absolute atomic E-state index is 0.285. The summed E-state index contributed by atoms with van der Waals surface area (Å²) < 4.78 is 7.16. The maximum Gasteiger partial charge on any atom is 0.250 e. The molecule has 7 heteroatoms. The average Bonchev–Trinajstić information content (AvgIpc) is 3.03. The zero-order valence-corrected chi connectivity index (χ0v) is 16.3. The lowest BCUT2D eigenvalue weighted by Crippen LogP contribution is -2.29. The van der Waals surface area contributed by atoms with Gasteiger partial charge in [-0.05, 0) is 44.2 Å². The summed E-state index contributed by atoms with van der Waals surface area (Å²) >= 11 is 0. The lowest BCUT2D eigenvalue weighted by molar-refractivity contribution is -0.117. The van der Waals surface area contributed by atoms with Crippen LogP contribution in [0.3, 0.4) is 0 Å². The molecule has 0 aliphatic carbocycles. The van der Waals surface area contributed by atoms with Crippen molar-refractivity contribution in [3.8, 4) is 17.5 Å². The van der Waals surface area contributed by atoms with Gasteiger partial charge < -0.3 is 14.6 Å². The van der Waals surface area contributed by atoms with Crippen molar-refractivity contribution in [3.63, 3.8) is 0 Å². The Balaban J connectivity index is 1.92. The molecule has 0 fully saturated rings. The number of ether oxygens (including phenoxy) is 1. The molecule has 1 atom stereocenters. The van der Waals surface area contributed by atoms with E-state index in [1.165, 1.54) is 6.20 Å². The van der Waals surface area contributed by atoms with E-state index in [0.29, 0.717) is 17.0 Å². The summed E-state index contributed by atoms with van der Waals surface area (Å²) in [7, 11) is 1.58. The first-order chi connectivity index (χ1) is 14.0. The highest BCUT2D eigenvalue weighted by molar-refractivity contribution is 6.16. The fourth-order valence-electron chi connectivity index (χ4n) is 3.19. The summed E-state index contributed by atoms with van der Waals surface area (Å²) in [5.41, 5.74) is 2.60. The Hall–Kier alpha value is -3.92. The second-order valence-corrected chi connectivity index (χ2v) is 6.45. The Bertz CT molecular complexity index is 1100. The third-order valence-electron chi connectivity index (χ3n) is 4.58. The van der Waals surface area contributed by atoms with Gasteiger partial charge in [0.2, 0.25) is 0 Å². The van der Waals surface area contributed by atoms with Crippen molar-refractivity contribution in [1.82, 2.24) is 9.55 Å². The Morgan fingerprint density at radius 1 is 1.17 bits per heavy atom. The zero-order valence-electron chi connectivity index (χ0n) is 16.3. The molecule has 0 bridgehead atoms. The van der Waals surface area contributed by atoms with E-state index in [2.05, 4.69) is 10.3 Å². The molecule has 1 N–H and O–H groups in total. The van der Waals surface area contributed by atoms with Gasteiger partial charge >= 0.3 is 0 Å². The van der Waals surface area contributed by atoms with E-state index >= 15 is 0 Å². The van der Waals surface area contributed by atoms with E-state index in [1.807, 2.05) is 41.8 Å². The predicted octanol–water partition coefficient (Wildman–Crippen LogP) is 3.46. The molecule has 2 aromatic heterocycles. The van der Waals surface area contributed by atoms with Gasteiger partial charge in [0.15, 0.2) is 11.7 Å². The first kappa shape index (κ1) is 19.8. The number of carbonyl (C=O) groups excluding carboxylic acids is 2. The Morgan fingerprint density at radius 3 is 2.62 bits per heavy atom. The highest BCUT2D eigenvalue weighted by Gasteiger charge is 2.30. The monoisotopic (exact) mass is 388 g/mol. The number of nitriles is 1. The number of aromatic nitrogens is 2. The van der Waals surface area contributed by atoms with Crippen LogP contribution < -0.4 is 10.1 Å². The van der Waals surface area contributed by atoms with Gasteiger partial charge in [0.1, 0.15) is 11.6 Å². The van der Waals surface area contributed by atoms with Gasteiger partial charge in [-0.15, -0.1) is 0 Å². The smallest absolute Gasteiger partial charge is 0.250 e. The molecular formula is C22H20N4O3. The number of aryl methyl sites for hydroxylation is 1. The molecule has 3 rings (SSSR count). The van der Waals surface area contributed by atoms with E-state index in [9.17, 15) is 14.9 Å². The Labute approximate surface area is 168 Å². The number of nitrogens with zero attached hydrogens (tertiary/aromatic N) is 3. The predicted molar refractivity (Wildman–Crippen MR) is 108 cm³/mol. The van der Waals surface area contributed by atoms with Crippen molar-refractivity contribution >= 4 is 17.5 Å². The maximum absolute atomic E-state index is 13.0. The minimum Gasteiger partial charge on any atom is -0.497 e. The first-order valence-electron chi connectivity index (χ1n) is 8.95. The molecule has 3 aromatic rings. The Morgan fingerprint density at radius 2 is 1.97 bits per heavy atom. The topological polar surface area (TPSA) is 97.0 Å². The van der Waals surface area contributed by atoms with Crippen molar-refractivity contribution in [1.29, 1.82) is 5.26 Å². The van der Waals surface area contributed by atoms with E-state index < -0.39 is 17.6 Å². The third-order valence-corrected chi connectivity index (χ3v) is 4.58. The highest BCUT2D eigenvalue weighted by Crippen LogP contribution is 2.25. The largest absolute Gasteiger partial charge is 0.497 e. The van der Waals surface area contributed by atoms with Crippen LogP contribution in [0.1, 0.15) is 21.7 Å². The van der Waals surface area contributed by atoms with Gasteiger partial charge in [-0.2, -0.15) is 5.26 Å². The van der Waals surface area contributed by atoms with Crippen LogP contribution in [0, 0.1) is 31.1 Å². The van der Waals surface area contributed by atoms with Gasteiger partial charge in [-0.1, -0.05) is 12.1 Å². The highest BCUT2D eigenvalue weighted by atomic mass is 16.5. The summed E-state index contributed by atoms with van der Waals surface area (Å²) in [6.45, 7) is 3.64. The van der Waals surface area contributed by atoms with E-state index in [0.717, 1.165) is 11.4 Å². The summed E-state index contributed by atoms with van der Waals surface area (Å²) in [4.78, 5) is 29.5. The molecule has 7 nitrogen and oxygen atoms in total. The molecule has 146 valence electrons. The van der Waals surface area contributed by atoms with Crippen LogP contribution in [0.15, 0.2) is 54.7 Å². The molecule has 0 spiro atoms. The summed E-state index contributed by atoms with van der Waals surface area (Å²) in [6, 6.07) is 15.9. The number of amides is 1. The quantitative estimate of drug-likeness (QED) is 0.515.